The monoisotopic (exact) mass is 248 g/mol. The summed E-state index contributed by atoms with van der Waals surface area (Å²) in [6, 6.07) is 5.64. The Kier molecular flexibility index (Phi) is 3.20. The van der Waals surface area contributed by atoms with Gasteiger partial charge >= 0.3 is 5.97 Å². The van der Waals surface area contributed by atoms with Crippen LogP contribution in [0.5, 0.6) is 0 Å². The molecule has 0 saturated carbocycles. The lowest BCUT2D eigenvalue weighted by molar-refractivity contribution is 0.0601. The molecule has 0 unspecified atom stereocenters. The van der Waals surface area contributed by atoms with Crippen molar-refractivity contribution in [1.82, 2.24) is 0 Å². The SMILES string of the molecule is COC(=O)c1ccc2c(c1)NCC(C)(C)CN2C. The molecule has 1 heterocycles. The molecule has 1 N–H and O–H groups in total. The highest BCUT2D eigenvalue weighted by Crippen LogP contribution is 2.33. The van der Waals surface area contributed by atoms with Crippen molar-refractivity contribution in [1.29, 1.82) is 0 Å². The zero-order chi connectivity index (χ0) is 13.3. The predicted molar refractivity (Wildman–Crippen MR) is 73.3 cm³/mol. The zero-order valence-electron chi connectivity index (χ0n) is 11.4. The lowest BCUT2D eigenvalue weighted by atomic mass is 9.93. The van der Waals surface area contributed by atoms with E-state index in [0.717, 1.165) is 24.5 Å². The van der Waals surface area contributed by atoms with Crippen LogP contribution < -0.4 is 10.2 Å². The van der Waals surface area contributed by atoms with E-state index < -0.39 is 0 Å². The molecule has 1 aliphatic rings. The Morgan fingerprint density at radius 1 is 1.44 bits per heavy atom. The molecule has 0 amide bonds. The molecule has 18 heavy (non-hydrogen) atoms. The molecule has 1 aromatic rings. The van der Waals surface area contributed by atoms with Crippen molar-refractivity contribution < 1.29 is 9.53 Å². The third-order valence-corrected chi connectivity index (χ3v) is 3.25. The molecular formula is C14H20N2O2. The van der Waals surface area contributed by atoms with Gasteiger partial charge in [-0.2, -0.15) is 0 Å². The van der Waals surface area contributed by atoms with E-state index in [2.05, 4.69) is 31.1 Å². The number of carbonyl (C=O) groups excluding carboxylic acids is 1. The van der Waals surface area contributed by atoms with Gasteiger partial charge in [0.15, 0.2) is 0 Å². The topological polar surface area (TPSA) is 41.6 Å². The molecule has 0 radical (unpaired) electrons. The molecule has 4 nitrogen and oxygen atoms in total. The highest BCUT2D eigenvalue weighted by atomic mass is 16.5. The molecule has 0 atom stereocenters. The summed E-state index contributed by atoms with van der Waals surface area (Å²) in [5.41, 5.74) is 2.88. The second kappa shape index (κ2) is 4.52. The Labute approximate surface area is 108 Å². The number of methoxy groups -OCH3 is 1. The van der Waals surface area contributed by atoms with Crippen molar-refractivity contribution in [2.45, 2.75) is 13.8 Å². The van der Waals surface area contributed by atoms with Gasteiger partial charge in [-0.1, -0.05) is 13.8 Å². The molecule has 1 aromatic carbocycles. The summed E-state index contributed by atoms with van der Waals surface area (Å²) >= 11 is 0. The number of hydrogen-bond acceptors (Lipinski definition) is 4. The van der Waals surface area contributed by atoms with Crippen LogP contribution in [0.25, 0.3) is 0 Å². The summed E-state index contributed by atoms with van der Waals surface area (Å²) in [7, 11) is 3.47. The van der Waals surface area contributed by atoms with Crippen molar-refractivity contribution in [3.05, 3.63) is 23.8 Å². The van der Waals surface area contributed by atoms with Gasteiger partial charge < -0.3 is 15.0 Å². The third-order valence-electron chi connectivity index (χ3n) is 3.25. The smallest absolute Gasteiger partial charge is 0.337 e. The second-order valence-corrected chi connectivity index (χ2v) is 5.60. The molecule has 2 rings (SSSR count). The average molecular weight is 248 g/mol. The first-order valence-corrected chi connectivity index (χ1v) is 6.10. The van der Waals surface area contributed by atoms with E-state index in [-0.39, 0.29) is 11.4 Å². The molecule has 98 valence electrons. The molecule has 0 saturated heterocycles. The van der Waals surface area contributed by atoms with Gasteiger partial charge in [0.05, 0.1) is 24.0 Å². The highest BCUT2D eigenvalue weighted by molar-refractivity contribution is 5.92. The fourth-order valence-electron chi connectivity index (χ4n) is 2.37. The molecule has 1 aliphatic heterocycles. The van der Waals surface area contributed by atoms with Crippen LogP contribution >= 0.6 is 0 Å². The van der Waals surface area contributed by atoms with Crippen molar-refractivity contribution in [2.24, 2.45) is 5.41 Å². The second-order valence-electron chi connectivity index (χ2n) is 5.60. The minimum atomic E-state index is -0.300. The van der Waals surface area contributed by atoms with Crippen molar-refractivity contribution >= 4 is 17.3 Å². The van der Waals surface area contributed by atoms with E-state index in [0.29, 0.717) is 5.56 Å². The number of nitrogens with zero attached hydrogens (tertiary/aromatic N) is 1. The number of nitrogens with one attached hydrogen (secondary N) is 1. The van der Waals surface area contributed by atoms with Gasteiger partial charge in [0.1, 0.15) is 0 Å². The van der Waals surface area contributed by atoms with Crippen LogP contribution in [0.3, 0.4) is 0 Å². The number of carbonyl (C=O) groups is 1. The van der Waals surface area contributed by atoms with Gasteiger partial charge in [-0.05, 0) is 23.6 Å². The molecule has 0 bridgehead atoms. The number of anilines is 2. The van der Waals surface area contributed by atoms with E-state index in [1.807, 2.05) is 12.1 Å². The van der Waals surface area contributed by atoms with Crippen LogP contribution in [-0.2, 0) is 4.74 Å². The number of esters is 1. The minimum absolute atomic E-state index is 0.194. The van der Waals surface area contributed by atoms with Crippen molar-refractivity contribution in [3.8, 4) is 0 Å². The molecular weight excluding hydrogens is 228 g/mol. The summed E-state index contributed by atoms with van der Waals surface area (Å²) in [4.78, 5) is 13.7. The van der Waals surface area contributed by atoms with E-state index in [1.54, 1.807) is 6.07 Å². The quantitative estimate of drug-likeness (QED) is 0.775. The molecule has 0 aromatic heterocycles. The Bertz CT molecular complexity index is 469. The molecule has 0 spiro atoms. The van der Waals surface area contributed by atoms with Crippen LogP contribution in [-0.4, -0.2) is 33.2 Å². The first-order chi connectivity index (χ1) is 8.43. The Morgan fingerprint density at radius 2 is 2.17 bits per heavy atom. The van der Waals surface area contributed by atoms with Gasteiger partial charge in [0.2, 0.25) is 0 Å². The number of hydrogen-bond donors (Lipinski definition) is 1. The summed E-state index contributed by atoms with van der Waals surface area (Å²) in [6.07, 6.45) is 0. The van der Waals surface area contributed by atoms with Crippen LogP contribution in [0.4, 0.5) is 11.4 Å². The summed E-state index contributed by atoms with van der Waals surface area (Å²) in [6.45, 7) is 6.31. The van der Waals surface area contributed by atoms with Crippen molar-refractivity contribution in [2.75, 3.05) is 37.5 Å². The van der Waals surface area contributed by atoms with Gasteiger partial charge in [-0.15, -0.1) is 0 Å². The first-order valence-electron chi connectivity index (χ1n) is 6.10. The zero-order valence-corrected chi connectivity index (χ0v) is 11.4. The Hall–Kier alpha value is -1.71. The highest BCUT2D eigenvalue weighted by Gasteiger charge is 2.25. The van der Waals surface area contributed by atoms with Gasteiger partial charge in [-0.25, -0.2) is 4.79 Å². The van der Waals surface area contributed by atoms with Crippen LogP contribution in [0, 0.1) is 5.41 Å². The van der Waals surface area contributed by atoms with E-state index in [9.17, 15) is 4.79 Å². The van der Waals surface area contributed by atoms with E-state index in [4.69, 9.17) is 4.74 Å². The maximum Gasteiger partial charge on any atom is 0.337 e. The maximum atomic E-state index is 11.5. The molecule has 4 heteroatoms. The van der Waals surface area contributed by atoms with Gasteiger partial charge in [0, 0.05) is 20.1 Å². The van der Waals surface area contributed by atoms with Crippen molar-refractivity contribution in [3.63, 3.8) is 0 Å². The number of rotatable bonds is 1. The van der Waals surface area contributed by atoms with Crippen LogP contribution in [0.2, 0.25) is 0 Å². The molecule has 0 aliphatic carbocycles. The standard InChI is InChI=1S/C14H20N2O2/c1-14(2)8-15-11-7-10(13(17)18-4)5-6-12(11)16(3)9-14/h5-7,15H,8-9H2,1-4H3. The maximum absolute atomic E-state index is 11.5. The Balaban J connectivity index is 2.37. The summed E-state index contributed by atoms with van der Waals surface area (Å²) in [5.74, 6) is -0.300. The van der Waals surface area contributed by atoms with Gasteiger partial charge in [-0.3, -0.25) is 0 Å². The van der Waals surface area contributed by atoms with Gasteiger partial charge in [0.25, 0.3) is 0 Å². The molecule has 0 fully saturated rings. The lowest BCUT2D eigenvalue weighted by Crippen LogP contribution is -2.33. The van der Waals surface area contributed by atoms with E-state index >= 15 is 0 Å². The first kappa shape index (κ1) is 12.7. The Morgan fingerprint density at radius 3 is 2.83 bits per heavy atom. The number of fused-ring (bicyclic) bond motifs is 1. The fourth-order valence-corrected chi connectivity index (χ4v) is 2.37. The normalized spacial score (nSPS) is 17.4. The third kappa shape index (κ3) is 2.42. The van der Waals surface area contributed by atoms with Crippen LogP contribution in [0.15, 0.2) is 18.2 Å². The summed E-state index contributed by atoms with van der Waals surface area (Å²) < 4.78 is 4.75. The predicted octanol–water partition coefficient (Wildman–Crippen LogP) is 2.36. The van der Waals surface area contributed by atoms with Crippen LogP contribution in [0.1, 0.15) is 24.2 Å². The fraction of sp³-hybridized carbons (Fsp3) is 0.500. The number of ether oxygens (including phenoxy) is 1. The number of benzene rings is 1. The largest absolute Gasteiger partial charge is 0.465 e. The average Bonchev–Trinajstić information content (AvgIpc) is 2.45. The minimum Gasteiger partial charge on any atom is -0.465 e. The lowest BCUT2D eigenvalue weighted by Gasteiger charge is -2.27. The summed E-state index contributed by atoms with van der Waals surface area (Å²) in [5, 5.41) is 3.42. The van der Waals surface area contributed by atoms with E-state index in [1.165, 1.54) is 7.11 Å².